The molecule has 1 N–H and O–H groups in total. The van der Waals surface area contributed by atoms with Crippen molar-refractivity contribution in [3.63, 3.8) is 0 Å². The van der Waals surface area contributed by atoms with Crippen molar-refractivity contribution in [2.75, 3.05) is 12.4 Å². The third kappa shape index (κ3) is 3.53. The van der Waals surface area contributed by atoms with Gasteiger partial charge in [-0.15, -0.1) is 0 Å². The van der Waals surface area contributed by atoms with Crippen molar-refractivity contribution in [3.8, 4) is 0 Å². The third-order valence-electron chi connectivity index (χ3n) is 3.26. The van der Waals surface area contributed by atoms with Crippen molar-refractivity contribution in [2.45, 2.75) is 13.0 Å². The van der Waals surface area contributed by atoms with Gasteiger partial charge in [0.15, 0.2) is 11.6 Å². The molecule has 110 valence electrons. The third-order valence-corrected chi connectivity index (χ3v) is 3.26. The molecule has 0 saturated heterocycles. The number of hydrogen-bond acceptors (Lipinski definition) is 2. The predicted molar refractivity (Wildman–Crippen MR) is 75.8 cm³/mol. The summed E-state index contributed by atoms with van der Waals surface area (Å²) >= 11 is 0. The number of benzene rings is 1. The smallest absolute Gasteiger partial charge is 0.321 e. The summed E-state index contributed by atoms with van der Waals surface area (Å²) in [4.78, 5) is 17.4. The minimum atomic E-state index is -0.928. The van der Waals surface area contributed by atoms with Gasteiger partial charge in [-0.25, -0.2) is 13.6 Å². The number of carbonyl (C=O) groups is 1. The quantitative estimate of drug-likeness (QED) is 0.939. The number of rotatable bonds is 3. The number of anilines is 1. The predicted octanol–water partition coefficient (Wildman–Crippen LogP) is 3.58. The Kier molecular flexibility index (Phi) is 4.47. The van der Waals surface area contributed by atoms with Crippen molar-refractivity contribution in [1.29, 1.82) is 0 Å². The second kappa shape index (κ2) is 6.30. The highest BCUT2D eigenvalue weighted by atomic mass is 19.2. The van der Waals surface area contributed by atoms with E-state index < -0.39 is 17.7 Å². The van der Waals surface area contributed by atoms with Gasteiger partial charge in [0.05, 0.1) is 6.04 Å². The molecule has 2 rings (SSSR count). The van der Waals surface area contributed by atoms with Crippen molar-refractivity contribution >= 4 is 11.7 Å². The van der Waals surface area contributed by atoms with Crippen LogP contribution in [0.2, 0.25) is 0 Å². The monoisotopic (exact) mass is 291 g/mol. The van der Waals surface area contributed by atoms with Crippen LogP contribution in [0.4, 0.5) is 19.3 Å². The molecule has 0 aliphatic rings. The van der Waals surface area contributed by atoms with E-state index in [0.29, 0.717) is 11.3 Å². The summed E-state index contributed by atoms with van der Waals surface area (Å²) in [7, 11) is 1.59. The molecule has 1 atom stereocenters. The summed E-state index contributed by atoms with van der Waals surface area (Å²) in [5.74, 6) is -1.84. The number of carbonyl (C=O) groups excluding carboxylic acids is 1. The summed E-state index contributed by atoms with van der Waals surface area (Å²) in [6.07, 6.45) is 3.13. The summed E-state index contributed by atoms with van der Waals surface area (Å²) in [6, 6.07) is 6.17. The number of urea groups is 1. The summed E-state index contributed by atoms with van der Waals surface area (Å²) < 4.78 is 26.2. The van der Waals surface area contributed by atoms with E-state index in [2.05, 4.69) is 10.3 Å². The Morgan fingerprint density at radius 1 is 1.19 bits per heavy atom. The lowest BCUT2D eigenvalue weighted by Crippen LogP contribution is -2.33. The van der Waals surface area contributed by atoms with Crippen LogP contribution < -0.4 is 5.32 Å². The van der Waals surface area contributed by atoms with Gasteiger partial charge >= 0.3 is 6.03 Å². The molecule has 6 heteroatoms. The fraction of sp³-hybridized carbons (Fsp3) is 0.200. The van der Waals surface area contributed by atoms with E-state index >= 15 is 0 Å². The van der Waals surface area contributed by atoms with Gasteiger partial charge in [0.2, 0.25) is 0 Å². The zero-order valence-corrected chi connectivity index (χ0v) is 11.7. The average Bonchev–Trinajstić information content (AvgIpc) is 2.49. The number of amides is 2. The maximum atomic E-state index is 13.2. The first-order valence-corrected chi connectivity index (χ1v) is 6.38. The summed E-state index contributed by atoms with van der Waals surface area (Å²) in [6.45, 7) is 1.73. The normalized spacial score (nSPS) is 11.8. The van der Waals surface area contributed by atoms with Gasteiger partial charge in [0.1, 0.15) is 0 Å². The van der Waals surface area contributed by atoms with Crippen LogP contribution in [0.25, 0.3) is 0 Å². The maximum absolute atomic E-state index is 13.2. The van der Waals surface area contributed by atoms with E-state index in [-0.39, 0.29) is 6.03 Å². The van der Waals surface area contributed by atoms with Crippen LogP contribution in [0.1, 0.15) is 18.5 Å². The molecule has 21 heavy (non-hydrogen) atoms. The Morgan fingerprint density at radius 3 is 2.48 bits per heavy atom. The van der Waals surface area contributed by atoms with Gasteiger partial charge in [0.25, 0.3) is 0 Å². The molecule has 0 spiro atoms. The van der Waals surface area contributed by atoms with Gasteiger partial charge in [-0.05, 0) is 36.8 Å². The highest BCUT2D eigenvalue weighted by molar-refractivity contribution is 5.89. The Hall–Kier alpha value is -2.50. The van der Waals surface area contributed by atoms with Crippen LogP contribution in [0, 0.1) is 11.6 Å². The lowest BCUT2D eigenvalue weighted by Gasteiger charge is -2.25. The lowest BCUT2D eigenvalue weighted by molar-refractivity contribution is 0.208. The highest BCUT2D eigenvalue weighted by Crippen LogP contribution is 2.21. The molecule has 2 amide bonds. The van der Waals surface area contributed by atoms with Crippen molar-refractivity contribution in [2.24, 2.45) is 0 Å². The molecular formula is C15H15F2N3O. The number of nitrogens with one attached hydrogen (secondary N) is 1. The van der Waals surface area contributed by atoms with Crippen molar-refractivity contribution in [1.82, 2.24) is 9.88 Å². The van der Waals surface area contributed by atoms with Crippen LogP contribution in [-0.4, -0.2) is 23.0 Å². The largest absolute Gasteiger partial charge is 0.322 e. The van der Waals surface area contributed by atoms with E-state index in [9.17, 15) is 13.6 Å². The first-order valence-electron chi connectivity index (χ1n) is 6.38. The number of hydrogen-bond donors (Lipinski definition) is 1. The van der Waals surface area contributed by atoms with Gasteiger partial charge in [0, 0.05) is 25.1 Å². The van der Waals surface area contributed by atoms with Crippen LogP contribution in [0.3, 0.4) is 0 Å². The van der Waals surface area contributed by atoms with Crippen molar-refractivity contribution in [3.05, 3.63) is 59.9 Å². The highest BCUT2D eigenvalue weighted by Gasteiger charge is 2.18. The number of nitrogens with zero attached hydrogens (tertiary/aromatic N) is 2. The van der Waals surface area contributed by atoms with E-state index in [4.69, 9.17) is 0 Å². The minimum Gasteiger partial charge on any atom is -0.321 e. The van der Waals surface area contributed by atoms with Crippen LogP contribution in [0.15, 0.2) is 42.7 Å². The molecule has 0 aliphatic heterocycles. The molecular weight excluding hydrogens is 276 g/mol. The number of pyridine rings is 1. The standard InChI is InChI=1S/C15H15F2N3O/c1-10(11-3-4-13(16)14(17)9-11)20(2)15(21)19-12-5-7-18-8-6-12/h3-10H,1-2H3,(H,18,19,21). The SMILES string of the molecule is CC(c1ccc(F)c(F)c1)N(C)C(=O)Nc1ccncc1. The second-order valence-corrected chi connectivity index (χ2v) is 4.63. The zero-order chi connectivity index (χ0) is 15.4. The van der Waals surface area contributed by atoms with Crippen LogP contribution in [0.5, 0.6) is 0 Å². The molecule has 0 aliphatic carbocycles. The molecule has 1 aromatic carbocycles. The molecule has 1 aromatic heterocycles. The average molecular weight is 291 g/mol. The maximum Gasteiger partial charge on any atom is 0.322 e. The second-order valence-electron chi connectivity index (χ2n) is 4.63. The Morgan fingerprint density at radius 2 is 1.86 bits per heavy atom. The molecule has 4 nitrogen and oxygen atoms in total. The first-order chi connectivity index (χ1) is 9.99. The molecule has 1 unspecified atom stereocenters. The first kappa shape index (κ1) is 14.9. The van der Waals surface area contributed by atoms with Gasteiger partial charge < -0.3 is 10.2 Å². The summed E-state index contributed by atoms with van der Waals surface area (Å²) in [5.41, 5.74) is 1.13. The Balaban J connectivity index is 2.09. The van der Waals surface area contributed by atoms with Crippen LogP contribution >= 0.6 is 0 Å². The Labute approximate surface area is 121 Å². The molecule has 0 fully saturated rings. The molecule has 2 aromatic rings. The number of aromatic nitrogens is 1. The van der Waals surface area contributed by atoms with E-state index in [1.807, 2.05) is 0 Å². The number of halogens is 2. The van der Waals surface area contributed by atoms with Gasteiger partial charge in [-0.3, -0.25) is 4.98 Å². The van der Waals surface area contributed by atoms with E-state index in [1.54, 1.807) is 38.5 Å². The topological polar surface area (TPSA) is 45.2 Å². The lowest BCUT2D eigenvalue weighted by atomic mass is 10.1. The van der Waals surface area contributed by atoms with E-state index in [1.165, 1.54) is 11.0 Å². The fourth-order valence-corrected chi connectivity index (χ4v) is 1.82. The van der Waals surface area contributed by atoms with Gasteiger partial charge in [-0.1, -0.05) is 6.07 Å². The van der Waals surface area contributed by atoms with E-state index in [0.717, 1.165) is 12.1 Å². The van der Waals surface area contributed by atoms with Crippen LogP contribution in [-0.2, 0) is 0 Å². The molecule has 0 saturated carbocycles. The van der Waals surface area contributed by atoms with Gasteiger partial charge in [-0.2, -0.15) is 0 Å². The molecule has 0 bridgehead atoms. The minimum absolute atomic E-state index is 0.349. The Bertz CT molecular complexity index is 634. The summed E-state index contributed by atoms with van der Waals surface area (Å²) in [5, 5.41) is 2.70. The molecule has 0 radical (unpaired) electrons. The zero-order valence-electron chi connectivity index (χ0n) is 11.7. The van der Waals surface area contributed by atoms with Crippen molar-refractivity contribution < 1.29 is 13.6 Å². The molecule has 1 heterocycles. The fourth-order valence-electron chi connectivity index (χ4n) is 1.82.